The minimum atomic E-state index is -4.41. The molecule has 4 aliphatic rings. The van der Waals surface area contributed by atoms with Crippen molar-refractivity contribution in [1.82, 2.24) is 30.1 Å². The second-order valence-electron chi connectivity index (χ2n) is 14.8. The summed E-state index contributed by atoms with van der Waals surface area (Å²) in [5.41, 5.74) is -0.475. The van der Waals surface area contributed by atoms with Crippen LogP contribution in [0.3, 0.4) is 0 Å². The van der Waals surface area contributed by atoms with Crippen LogP contribution in [0, 0.1) is 5.92 Å². The molecule has 53 heavy (non-hydrogen) atoms. The molecule has 2 fully saturated rings. The van der Waals surface area contributed by atoms with Gasteiger partial charge in [0.15, 0.2) is 5.13 Å². The number of thiazole rings is 1. The number of aromatic nitrogens is 1. The molecule has 16 nitrogen and oxygen atoms in total. The van der Waals surface area contributed by atoms with Gasteiger partial charge in [-0.25, -0.2) is 24.0 Å². The van der Waals surface area contributed by atoms with Crippen LogP contribution in [-0.4, -0.2) is 89.0 Å². The Bertz CT molecular complexity index is 1840. The predicted molar refractivity (Wildman–Crippen MR) is 193 cm³/mol. The molecule has 4 N–H and O–H groups in total. The molecule has 1 aliphatic carbocycles. The summed E-state index contributed by atoms with van der Waals surface area (Å²) in [4.78, 5) is 75.3. The summed E-state index contributed by atoms with van der Waals surface area (Å²) in [5, 5.41) is 7.08. The van der Waals surface area contributed by atoms with E-state index in [1.807, 2.05) is 35.1 Å². The summed E-state index contributed by atoms with van der Waals surface area (Å²) in [6.45, 7) is 5.66. The molecule has 6 rings (SSSR count). The topological polar surface area (TPSA) is 205 Å². The first-order valence-corrected chi connectivity index (χ1v) is 20.0. The van der Waals surface area contributed by atoms with Crippen molar-refractivity contribution in [1.29, 1.82) is 0 Å². The lowest BCUT2D eigenvalue weighted by Gasteiger charge is -2.30. The number of anilines is 1. The van der Waals surface area contributed by atoms with Crippen LogP contribution < -0.4 is 20.1 Å². The van der Waals surface area contributed by atoms with Gasteiger partial charge in [0.2, 0.25) is 11.8 Å². The third-order valence-corrected chi connectivity index (χ3v) is 11.3. The average Bonchev–Trinajstić information content (AvgIpc) is 3.49. The van der Waals surface area contributed by atoms with Gasteiger partial charge in [0, 0.05) is 37.0 Å². The molecule has 18 heteroatoms. The molecule has 2 aromatic rings. The second-order valence-corrected chi connectivity index (χ2v) is 17.1. The van der Waals surface area contributed by atoms with Gasteiger partial charge >= 0.3 is 22.4 Å². The van der Waals surface area contributed by atoms with E-state index in [-0.39, 0.29) is 30.9 Å². The second kappa shape index (κ2) is 15.3. The molecule has 5 atom stereocenters. The SMILES string of the molecule is CC(C)(C)OC(=O)NC1CCCCCC=CC2CC2(C(=O)NS(=O)(=O)Nc2nccs2)NC(=O)C2CC(OC(=O)N3Cc4ccccc4C3)CN2C1=O. The summed E-state index contributed by atoms with van der Waals surface area (Å²) in [7, 11) is -4.41. The molecule has 1 aromatic carbocycles. The third kappa shape index (κ3) is 9.27. The number of benzene rings is 1. The van der Waals surface area contributed by atoms with E-state index in [1.165, 1.54) is 16.0 Å². The number of hydrogen-bond acceptors (Lipinski definition) is 11. The van der Waals surface area contributed by atoms with Crippen molar-refractivity contribution in [3.63, 3.8) is 0 Å². The van der Waals surface area contributed by atoms with Crippen molar-refractivity contribution in [2.45, 2.75) is 108 Å². The summed E-state index contributed by atoms with van der Waals surface area (Å²) in [6.07, 6.45) is 5.79. The van der Waals surface area contributed by atoms with Crippen LogP contribution >= 0.6 is 11.3 Å². The van der Waals surface area contributed by atoms with E-state index < -0.39 is 75.4 Å². The number of fused-ring (bicyclic) bond motifs is 3. The molecule has 5 unspecified atom stereocenters. The molecule has 0 radical (unpaired) electrons. The maximum absolute atomic E-state index is 14.3. The highest BCUT2D eigenvalue weighted by Gasteiger charge is 2.61. The Hall–Kier alpha value is -4.71. The van der Waals surface area contributed by atoms with Crippen molar-refractivity contribution in [2.75, 3.05) is 11.3 Å². The number of allylic oxidation sites excluding steroid dienone is 1. The Morgan fingerprint density at radius 2 is 1.81 bits per heavy atom. The minimum Gasteiger partial charge on any atom is -0.444 e. The van der Waals surface area contributed by atoms with Crippen LogP contribution in [0.2, 0.25) is 0 Å². The Morgan fingerprint density at radius 3 is 2.49 bits per heavy atom. The number of hydrogen-bond donors (Lipinski definition) is 4. The van der Waals surface area contributed by atoms with Gasteiger partial charge in [-0.15, -0.1) is 11.3 Å². The fourth-order valence-corrected chi connectivity index (χ4v) is 8.58. The number of alkyl carbamates (subject to hydrolysis) is 1. The van der Waals surface area contributed by atoms with Crippen LogP contribution in [0.15, 0.2) is 48.0 Å². The predicted octanol–water partition coefficient (Wildman–Crippen LogP) is 3.33. The first kappa shape index (κ1) is 38.0. The molecule has 286 valence electrons. The molecule has 3 aliphatic heterocycles. The molecule has 1 saturated carbocycles. The first-order valence-electron chi connectivity index (χ1n) is 17.7. The third-order valence-electron chi connectivity index (χ3n) is 9.58. The van der Waals surface area contributed by atoms with Gasteiger partial charge in [-0.05, 0) is 57.6 Å². The molecule has 4 heterocycles. The summed E-state index contributed by atoms with van der Waals surface area (Å²) >= 11 is 1.03. The largest absolute Gasteiger partial charge is 0.444 e. The fraction of sp³-hybridized carbons (Fsp3) is 0.543. The number of carbonyl (C=O) groups is 5. The average molecular weight is 772 g/mol. The zero-order chi connectivity index (χ0) is 38.0. The lowest BCUT2D eigenvalue weighted by atomic mass is 10.0. The van der Waals surface area contributed by atoms with E-state index in [2.05, 4.69) is 20.3 Å². The summed E-state index contributed by atoms with van der Waals surface area (Å²) in [6, 6.07) is 5.37. The van der Waals surface area contributed by atoms with Gasteiger partial charge in [-0.1, -0.05) is 49.3 Å². The first-order chi connectivity index (χ1) is 25.1. The van der Waals surface area contributed by atoms with Crippen LogP contribution in [0.5, 0.6) is 0 Å². The van der Waals surface area contributed by atoms with Crippen molar-refractivity contribution >= 4 is 56.6 Å². The lowest BCUT2D eigenvalue weighted by Crippen LogP contribution is -2.58. The van der Waals surface area contributed by atoms with Crippen molar-refractivity contribution in [3.8, 4) is 0 Å². The molecule has 1 aromatic heterocycles. The maximum atomic E-state index is 14.3. The smallest absolute Gasteiger partial charge is 0.410 e. The quantitative estimate of drug-likeness (QED) is 0.316. The number of ether oxygens (including phenoxy) is 2. The van der Waals surface area contributed by atoms with Crippen LogP contribution in [-0.2, 0) is 47.2 Å². The van der Waals surface area contributed by atoms with Crippen LogP contribution in [0.4, 0.5) is 14.7 Å². The number of nitrogens with one attached hydrogen (secondary N) is 4. The highest BCUT2D eigenvalue weighted by Crippen LogP contribution is 2.46. The Kier molecular flexibility index (Phi) is 11.0. The minimum absolute atomic E-state index is 0.0502. The van der Waals surface area contributed by atoms with Crippen LogP contribution in [0.25, 0.3) is 0 Å². The van der Waals surface area contributed by atoms with E-state index in [0.717, 1.165) is 35.3 Å². The molecule has 5 amide bonds. The Morgan fingerprint density at radius 1 is 1.08 bits per heavy atom. The maximum Gasteiger partial charge on any atom is 0.410 e. The standard InChI is InChI=1S/C35H45N7O9S2/c1-34(2,3)51-32(46)37-26-14-8-6-4-5-7-13-24-18-35(24,30(45)39-53(48,49)40-31-36-15-16-52-31)38-28(43)27-17-25(21-42(27)29(26)44)50-33(47)41-19-22-11-9-10-12-23(22)20-41/h7,9-13,15-16,24-27H,4-6,8,14,17-21H2,1-3H3,(H,36,40)(H,37,46)(H,38,43)(H,39,45). The van der Waals surface area contributed by atoms with E-state index in [9.17, 15) is 32.4 Å². The van der Waals surface area contributed by atoms with Gasteiger partial charge in [0.05, 0.1) is 6.54 Å². The number of rotatable bonds is 6. The van der Waals surface area contributed by atoms with Crippen molar-refractivity contribution < 1.29 is 41.9 Å². The normalized spacial score (nSPS) is 26.2. The molecule has 0 spiro atoms. The zero-order valence-corrected chi connectivity index (χ0v) is 31.5. The summed E-state index contributed by atoms with van der Waals surface area (Å²) in [5.74, 6) is -2.78. The highest BCUT2D eigenvalue weighted by molar-refractivity contribution is 7.91. The number of amides is 5. The summed E-state index contributed by atoms with van der Waals surface area (Å²) < 4.78 is 41.4. The number of carbonyl (C=O) groups excluding carboxylic acids is 5. The molecular formula is C35H45N7O9S2. The lowest BCUT2D eigenvalue weighted by molar-refractivity contribution is -0.141. The van der Waals surface area contributed by atoms with Gasteiger partial charge in [-0.2, -0.15) is 8.42 Å². The van der Waals surface area contributed by atoms with Crippen LogP contribution in [0.1, 0.15) is 76.8 Å². The van der Waals surface area contributed by atoms with Crippen molar-refractivity contribution in [3.05, 3.63) is 59.1 Å². The van der Waals surface area contributed by atoms with E-state index >= 15 is 0 Å². The zero-order valence-electron chi connectivity index (χ0n) is 29.8. The van der Waals surface area contributed by atoms with Crippen molar-refractivity contribution in [2.24, 2.45) is 5.92 Å². The molecule has 1 saturated heterocycles. The number of nitrogens with zero attached hydrogens (tertiary/aromatic N) is 3. The Labute approximate surface area is 312 Å². The fourth-order valence-electron chi connectivity index (χ4n) is 6.92. The highest BCUT2D eigenvalue weighted by atomic mass is 32.2. The molecule has 0 bridgehead atoms. The van der Waals surface area contributed by atoms with Gasteiger partial charge in [0.1, 0.15) is 29.3 Å². The van der Waals surface area contributed by atoms with Gasteiger partial charge in [-0.3, -0.25) is 19.3 Å². The van der Waals surface area contributed by atoms with E-state index in [0.29, 0.717) is 25.9 Å². The van der Waals surface area contributed by atoms with Gasteiger partial charge in [0.25, 0.3) is 5.91 Å². The van der Waals surface area contributed by atoms with E-state index in [1.54, 1.807) is 32.2 Å². The van der Waals surface area contributed by atoms with E-state index in [4.69, 9.17) is 9.47 Å². The Balaban J connectivity index is 1.25. The monoisotopic (exact) mass is 771 g/mol. The van der Waals surface area contributed by atoms with Gasteiger partial charge < -0.3 is 25.0 Å². The molecular weight excluding hydrogens is 727 g/mol.